The van der Waals surface area contributed by atoms with Gasteiger partial charge in [-0.2, -0.15) is 0 Å². The number of hydrogen-bond acceptors (Lipinski definition) is 6. The van der Waals surface area contributed by atoms with E-state index in [4.69, 9.17) is 0 Å². The monoisotopic (exact) mass is 458 g/mol. The van der Waals surface area contributed by atoms with Crippen molar-refractivity contribution in [3.63, 3.8) is 0 Å². The maximum atomic E-state index is 12.5. The molecule has 2 amide bonds. The van der Waals surface area contributed by atoms with Gasteiger partial charge in [0.2, 0.25) is 11.8 Å². The molecule has 0 saturated carbocycles. The first kappa shape index (κ1) is 22.3. The minimum absolute atomic E-state index is 0.0344. The minimum Gasteiger partial charge on any atom is -0.494 e. The number of hydrogen-bond donors (Lipinski definition) is 2. The third-order valence-corrected chi connectivity index (χ3v) is 5.43. The van der Waals surface area contributed by atoms with Gasteiger partial charge in [-0.15, -0.1) is 10.2 Å². The van der Waals surface area contributed by atoms with Crippen LogP contribution in [-0.2, 0) is 0 Å². The highest BCUT2D eigenvalue weighted by atomic mass is 16.6. The minimum atomic E-state index is -0.840. The number of benzene rings is 3. The van der Waals surface area contributed by atoms with E-state index in [2.05, 4.69) is 10.2 Å². The molecule has 2 N–H and O–H groups in total. The van der Waals surface area contributed by atoms with Crippen LogP contribution >= 0.6 is 0 Å². The molecule has 34 heavy (non-hydrogen) atoms. The average molecular weight is 458 g/mol. The van der Waals surface area contributed by atoms with Crippen LogP contribution in [0, 0.1) is 10.1 Å². The number of nitrogens with zero attached hydrogens (tertiary/aromatic N) is 4. The maximum Gasteiger partial charge on any atom is 0.295 e. The lowest BCUT2D eigenvalue weighted by Crippen LogP contribution is -2.05. The van der Waals surface area contributed by atoms with Crippen molar-refractivity contribution >= 4 is 28.3 Å². The van der Waals surface area contributed by atoms with Gasteiger partial charge in [0.1, 0.15) is 0 Å². The number of aromatic nitrogens is 1. The summed E-state index contributed by atoms with van der Waals surface area (Å²) in [7, 11) is 0. The number of rotatable bonds is 5. The summed E-state index contributed by atoms with van der Waals surface area (Å²) in [5, 5.41) is 39.5. The standard InChI is InChI=1S/C24H18N4O6/c1-14(15-5-3-2-4-6-15)27-23(31)19-12-9-17(13-20(19)24(27)32)22(30)26-25-21(29)16-7-10-18(11-8-16)28(33)34/h2-14,31-32H,1H3. The molecule has 0 radical (unpaired) electrons. The summed E-state index contributed by atoms with van der Waals surface area (Å²) in [4.78, 5) is 34.7. The normalized spacial score (nSPS) is 12.1. The molecule has 0 aliphatic rings. The largest absolute Gasteiger partial charge is 0.494 e. The highest BCUT2D eigenvalue weighted by Gasteiger charge is 2.22. The maximum absolute atomic E-state index is 12.5. The first-order valence-electron chi connectivity index (χ1n) is 10.1. The molecular formula is C24H18N4O6. The fourth-order valence-corrected chi connectivity index (χ4v) is 3.60. The lowest BCUT2D eigenvalue weighted by atomic mass is 10.1. The van der Waals surface area contributed by atoms with Crippen molar-refractivity contribution in [1.82, 2.24) is 4.57 Å². The SMILES string of the molecule is CC(c1ccccc1)n1c(O)c2ccc(C(=O)N=NC(=O)c3ccc([N+](=O)[O-])cc3)cc2c1O. The van der Waals surface area contributed by atoms with E-state index in [0.717, 1.165) is 17.7 Å². The Balaban J connectivity index is 1.60. The number of carbonyl (C=O) groups is 2. The lowest BCUT2D eigenvalue weighted by molar-refractivity contribution is -0.384. The van der Waals surface area contributed by atoms with Gasteiger partial charge in [-0.05, 0) is 42.8 Å². The molecule has 3 aromatic carbocycles. The second-order valence-electron chi connectivity index (χ2n) is 7.48. The Kier molecular flexibility index (Phi) is 5.88. The quantitative estimate of drug-likeness (QED) is 0.244. The Morgan fingerprint density at radius 2 is 1.41 bits per heavy atom. The molecule has 0 aliphatic heterocycles. The number of non-ortho nitro benzene ring substituents is 1. The first-order valence-corrected chi connectivity index (χ1v) is 10.1. The van der Waals surface area contributed by atoms with Crippen LogP contribution in [0.4, 0.5) is 5.69 Å². The summed E-state index contributed by atoms with van der Waals surface area (Å²) in [5.74, 6) is -2.05. The molecular weight excluding hydrogens is 440 g/mol. The molecule has 4 rings (SSSR count). The summed E-state index contributed by atoms with van der Waals surface area (Å²) in [5.41, 5.74) is 0.761. The van der Waals surface area contributed by atoms with Crippen LogP contribution in [0.1, 0.15) is 39.2 Å². The fourth-order valence-electron chi connectivity index (χ4n) is 3.60. The number of amides is 2. The van der Waals surface area contributed by atoms with Crippen LogP contribution in [0.5, 0.6) is 11.8 Å². The van der Waals surface area contributed by atoms with Gasteiger partial charge in [-0.1, -0.05) is 30.3 Å². The third-order valence-electron chi connectivity index (χ3n) is 5.43. The van der Waals surface area contributed by atoms with Gasteiger partial charge >= 0.3 is 0 Å². The van der Waals surface area contributed by atoms with Crippen molar-refractivity contribution in [2.24, 2.45) is 10.2 Å². The van der Waals surface area contributed by atoms with Crippen molar-refractivity contribution < 1.29 is 24.7 Å². The molecule has 1 aromatic heterocycles. The highest BCUT2D eigenvalue weighted by Crippen LogP contribution is 2.40. The molecule has 1 unspecified atom stereocenters. The van der Waals surface area contributed by atoms with Crippen LogP contribution in [0.3, 0.4) is 0 Å². The van der Waals surface area contributed by atoms with E-state index in [1.165, 1.54) is 34.9 Å². The first-order chi connectivity index (χ1) is 16.3. The topological polar surface area (TPSA) is 147 Å². The van der Waals surface area contributed by atoms with Crippen molar-refractivity contribution in [3.8, 4) is 11.8 Å². The summed E-state index contributed by atoms with van der Waals surface area (Å²) >= 11 is 0. The number of nitro groups is 1. The Morgan fingerprint density at radius 3 is 2.03 bits per heavy atom. The zero-order chi connectivity index (χ0) is 24.4. The predicted octanol–water partition coefficient (Wildman–Crippen LogP) is 5.00. The molecule has 170 valence electrons. The van der Waals surface area contributed by atoms with Crippen molar-refractivity contribution in [2.45, 2.75) is 13.0 Å². The number of fused-ring (bicyclic) bond motifs is 1. The Bertz CT molecular complexity index is 1440. The predicted molar refractivity (Wildman–Crippen MR) is 122 cm³/mol. The fraction of sp³-hybridized carbons (Fsp3) is 0.0833. The van der Waals surface area contributed by atoms with Gasteiger partial charge in [0.25, 0.3) is 17.5 Å². The molecule has 10 heteroatoms. The van der Waals surface area contributed by atoms with E-state index >= 15 is 0 Å². The van der Waals surface area contributed by atoms with Gasteiger partial charge in [0, 0.05) is 34.0 Å². The number of azo groups is 1. The summed E-state index contributed by atoms with van der Waals surface area (Å²) in [6, 6.07) is 17.9. The molecule has 0 fully saturated rings. The molecule has 4 aromatic rings. The van der Waals surface area contributed by atoms with Gasteiger partial charge in [0.05, 0.1) is 11.0 Å². The van der Waals surface area contributed by atoms with E-state index in [1.807, 2.05) is 37.3 Å². The Morgan fingerprint density at radius 1 is 0.853 bits per heavy atom. The second-order valence-corrected chi connectivity index (χ2v) is 7.48. The Hall–Kier alpha value is -4.86. The molecule has 0 spiro atoms. The molecule has 0 aliphatic carbocycles. The Labute approximate surface area is 192 Å². The zero-order valence-corrected chi connectivity index (χ0v) is 17.8. The van der Waals surface area contributed by atoms with Crippen LogP contribution in [-0.4, -0.2) is 31.5 Å². The van der Waals surface area contributed by atoms with E-state index in [9.17, 15) is 29.9 Å². The third kappa shape index (κ3) is 4.11. The van der Waals surface area contributed by atoms with Crippen LogP contribution in [0.15, 0.2) is 83.0 Å². The van der Waals surface area contributed by atoms with Gasteiger partial charge in [-0.25, -0.2) is 0 Å². The van der Waals surface area contributed by atoms with Gasteiger partial charge in [0.15, 0.2) is 0 Å². The van der Waals surface area contributed by atoms with Crippen molar-refractivity contribution in [1.29, 1.82) is 0 Å². The lowest BCUT2D eigenvalue weighted by Gasteiger charge is -2.16. The van der Waals surface area contributed by atoms with Crippen molar-refractivity contribution in [3.05, 3.63) is 99.6 Å². The summed E-state index contributed by atoms with van der Waals surface area (Å²) in [6.07, 6.45) is 0. The van der Waals surface area contributed by atoms with Gasteiger partial charge < -0.3 is 10.2 Å². The van der Waals surface area contributed by atoms with Crippen LogP contribution < -0.4 is 0 Å². The molecule has 0 bridgehead atoms. The number of nitro benzene ring substituents is 1. The van der Waals surface area contributed by atoms with E-state index < -0.39 is 16.7 Å². The molecule has 1 heterocycles. The van der Waals surface area contributed by atoms with E-state index in [-0.39, 0.29) is 40.0 Å². The zero-order valence-electron chi connectivity index (χ0n) is 17.8. The molecule has 0 saturated heterocycles. The number of aromatic hydroxyl groups is 2. The molecule has 10 nitrogen and oxygen atoms in total. The van der Waals surface area contributed by atoms with Crippen LogP contribution in [0.25, 0.3) is 10.8 Å². The average Bonchev–Trinajstić information content (AvgIpc) is 3.11. The van der Waals surface area contributed by atoms with Gasteiger partial charge in [-0.3, -0.25) is 24.3 Å². The van der Waals surface area contributed by atoms with Crippen molar-refractivity contribution in [2.75, 3.05) is 0 Å². The summed E-state index contributed by atoms with van der Waals surface area (Å²) in [6.45, 7) is 1.82. The van der Waals surface area contributed by atoms with Crippen LogP contribution in [0.2, 0.25) is 0 Å². The second kappa shape index (κ2) is 8.94. The highest BCUT2D eigenvalue weighted by molar-refractivity contribution is 6.03. The summed E-state index contributed by atoms with van der Waals surface area (Å²) < 4.78 is 1.36. The van der Waals surface area contributed by atoms with E-state index in [1.54, 1.807) is 0 Å². The van der Waals surface area contributed by atoms with E-state index in [0.29, 0.717) is 5.39 Å². The molecule has 1 atom stereocenters. The smallest absolute Gasteiger partial charge is 0.295 e. The number of carbonyl (C=O) groups excluding carboxylic acids is 2.